The molecule has 4 nitrogen and oxygen atoms in total. The van der Waals surface area contributed by atoms with Crippen LogP contribution >= 0.6 is 0 Å². The fourth-order valence-corrected chi connectivity index (χ4v) is 1.26. The number of hydrogen-bond donors (Lipinski definition) is 1. The monoisotopic (exact) mass is 181 g/mol. The Morgan fingerprint density at radius 1 is 1.46 bits per heavy atom. The van der Waals surface area contributed by atoms with E-state index < -0.39 is 0 Å². The van der Waals surface area contributed by atoms with Gasteiger partial charge in [0, 0.05) is 7.05 Å². The Bertz CT molecular complexity index is 253. The van der Waals surface area contributed by atoms with Crippen LogP contribution in [0.3, 0.4) is 0 Å². The maximum Gasteiger partial charge on any atom is 0.221 e. The summed E-state index contributed by atoms with van der Waals surface area (Å²) in [6.45, 7) is 2.12. The van der Waals surface area contributed by atoms with Gasteiger partial charge in [0.25, 0.3) is 0 Å². The second kappa shape index (κ2) is 4.64. The molecule has 1 heterocycles. The quantitative estimate of drug-likeness (QED) is 0.764. The molecule has 0 fully saturated rings. The van der Waals surface area contributed by atoms with E-state index in [1.807, 2.05) is 7.05 Å². The molecule has 1 rings (SSSR count). The molecule has 0 spiro atoms. The van der Waals surface area contributed by atoms with Crippen molar-refractivity contribution in [3.8, 4) is 5.88 Å². The van der Waals surface area contributed by atoms with Crippen molar-refractivity contribution in [1.29, 1.82) is 0 Å². The number of ether oxygens (including phenoxy) is 1. The highest BCUT2D eigenvalue weighted by atomic mass is 16.5. The van der Waals surface area contributed by atoms with E-state index in [4.69, 9.17) is 4.74 Å². The first-order chi connectivity index (χ1) is 6.33. The molecule has 0 atom stereocenters. The van der Waals surface area contributed by atoms with Gasteiger partial charge in [-0.1, -0.05) is 13.3 Å². The van der Waals surface area contributed by atoms with Crippen LogP contribution in [0.4, 0.5) is 5.82 Å². The molecular formula is C9H15N3O. The first-order valence-electron chi connectivity index (χ1n) is 4.39. The molecule has 0 bridgehead atoms. The van der Waals surface area contributed by atoms with Crippen LogP contribution in [0.15, 0.2) is 6.33 Å². The molecule has 1 aromatic heterocycles. The lowest BCUT2D eigenvalue weighted by Gasteiger charge is -2.09. The Labute approximate surface area is 78.4 Å². The van der Waals surface area contributed by atoms with Gasteiger partial charge < -0.3 is 10.1 Å². The average molecular weight is 181 g/mol. The van der Waals surface area contributed by atoms with Crippen LogP contribution < -0.4 is 10.1 Å². The van der Waals surface area contributed by atoms with Gasteiger partial charge in [0.2, 0.25) is 5.88 Å². The molecule has 0 saturated heterocycles. The summed E-state index contributed by atoms with van der Waals surface area (Å²) >= 11 is 0. The number of nitrogens with zero attached hydrogens (tertiary/aromatic N) is 2. The molecule has 0 aliphatic heterocycles. The largest absolute Gasteiger partial charge is 0.481 e. The van der Waals surface area contributed by atoms with Gasteiger partial charge >= 0.3 is 0 Å². The third-order valence-corrected chi connectivity index (χ3v) is 1.84. The fourth-order valence-electron chi connectivity index (χ4n) is 1.26. The minimum absolute atomic E-state index is 0.668. The lowest BCUT2D eigenvalue weighted by atomic mass is 10.2. The van der Waals surface area contributed by atoms with Crippen molar-refractivity contribution in [3.63, 3.8) is 0 Å². The summed E-state index contributed by atoms with van der Waals surface area (Å²) in [6, 6.07) is 0. The SMILES string of the molecule is CCCc1c(NC)ncnc1OC. The minimum Gasteiger partial charge on any atom is -0.481 e. The summed E-state index contributed by atoms with van der Waals surface area (Å²) in [7, 11) is 3.47. The molecule has 1 aromatic rings. The molecule has 0 radical (unpaired) electrons. The van der Waals surface area contributed by atoms with Gasteiger partial charge in [-0.05, 0) is 6.42 Å². The van der Waals surface area contributed by atoms with E-state index in [0.717, 1.165) is 24.2 Å². The summed E-state index contributed by atoms with van der Waals surface area (Å²) in [5.41, 5.74) is 1.05. The van der Waals surface area contributed by atoms with Crippen LogP contribution in [0.25, 0.3) is 0 Å². The number of anilines is 1. The molecule has 4 heteroatoms. The molecule has 1 N–H and O–H groups in total. The van der Waals surface area contributed by atoms with E-state index in [-0.39, 0.29) is 0 Å². The average Bonchev–Trinajstić information content (AvgIpc) is 2.18. The van der Waals surface area contributed by atoms with Crippen molar-refractivity contribution in [2.75, 3.05) is 19.5 Å². The first kappa shape index (κ1) is 9.77. The highest BCUT2D eigenvalue weighted by molar-refractivity contribution is 5.48. The van der Waals surface area contributed by atoms with Gasteiger partial charge in [-0.3, -0.25) is 0 Å². The van der Waals surface area contributed by atoms with E-state index >= 15 is 0 Å². The van der Waals surface area contributed by atoms with Crippen molar-refractivity contribution < 1.29 is 4.74 Å². The van der Waals surface area contributed by atoms with Gasteiger partial charge in [0.15, 0.2) is 0 Å². The van der Waals surface area contributed by atoms with E-state index in [1.54, 1.807) is 7.11 Å². The highest BCUT2D eigenvalue weighted by Crippen LogP contribution is 2.22. The van der Waals surface area contributed by atoms with Gasteiger partial charge in [-0.15, -0.1) is 0 Å². The molecule has 0 saturated carbocycles. The molecule has 72 valence electrons. The van der Waals surface area contributed by atoms with Crippen molar-refractivity contribution in [3.05, 3.63) is 11.9 Å². The molecule has 0 aromatic carbocycles. The number of aromatic nitrogens is 2. The molecule has 0 aliphatic rings. The van der Waals surface area contributed by atoms with Crippen molar-refractivity contribution >= 4 is 5.82 Å². The Balaban J connectivity index is 3.05. The third kappa shape index (κ3) is 2.08. The number of methoxy groups -OCH3 is 1. The summed E-state index contributed by atoms with van der Waals surface area (Å²) in [5.74, 6) is 1.52. The van der Waals surface area contributed by atoms with Crippen molar-refractivity contribution in [2.45, 2.75) is 19.8 Å². The van der Waals surface area contributed by atoms with Gasteiger partial charge in [0.1, 0.15) is 12.1 Å². The zero-order valence-electron chi connectivity index (χ0n) is 8.29. The van der Waals surface area contributed by atoms with Crippen LogP contribution in [0.1, 0.15) is 18.9 Å². The van der Waals surface area contributed by atoms with Crippen LogP contribution in [0, 0.1) is 0 Å². The van der Waals surface area contributed by atoms with Crippen LogP contribution in [-0.2, 0) is 6.42 Å². The van der Waals surface area contributed by atoms with E-state index in [9.17, 15) is 0 Å². The topological polar surface area (TPSA) is 47.0 Å². The normalized spacial score (nSPS) is 9.77. The maximum absolute atomic E-state index is 5.15. The minimum atomic E-state index is 0.668. The second-order valence-electron chi connectivity index (χ2n) is 2.71. The lowest BCUT2D eigenvalue weighted by Crippen LogP contribution is -2.03. The van der Waals surface area contributed by atoms with Crippen LogP contribution in [-0.4, -0.2) is 24.1 Å². The highest BCUT2D eigenvalue weighted by Gasteiger charge is 2.08. The summed E-state index contributed by atoms with van der Waals surface area (Å²) < 4.78 is 5.15. The standard InChI is InChI=1S/C9H15N3O/c1-4-5-7-8(10-2)11-6-12-9(7)13-3/h6H,4-5H2,1-3H3,(H,10,11,12). The number of hydrogen-bond acceptors (Lipinski definition) is 4. The fraction of sp³-hybridized carbons (Fsp3) is 0.556. The maximum atomic E-state index is 5.15. The summed E-state index contributed by atoms with van der Waals surface area (Å²) in [4.78, 5) is 8.17. The predicted molar refractivity (Wildman–Crippen MR) is 52.1 cm³/mol. The lowest BCUT2D eigenvalue weighted by molar-refractivity contribution is 0.391. The van der Waals surface area contributed by atoms with E-state index in [0.29, 0.717) is 5.88 Å². The molecule has 0 unspecified atom stereocenters. The summed E-state index contributed by atoms with van der Waals surface area (Å²) in [6.07, 6.45) is 3.49. The summed E-state index contributed by atoms with van der Waals surface area (Å²) in [5, 5.41) is 3.02. The smallest absolute Gasteiger partial charge is 0.221 e. The Kier molecular flexibility index (Phi) is 3.49. The predicted octanol–water partition coefficient (Wildman–Crippen LogP) is 1.48. The van der Waals surface area contributed by atoms with Crippen molar-refractivity contribution in [2.24, 2.45) is 0 Å². The molecule has 13 heavy (non-hydrogen) atoms. The molecule has 0 aliphatic carbocycles. The van der Waals surface area contributed by atoms with E-state index in [2.05, 4.69) is 22.2 Å². The molecular weight excluding hydrogens is 166 g/mol. The Morgan fingerprint density at radius 3 is 2.77 bits per heavy atom. The van der Waals surface area contributed by atoms with Crippen LogP contribution in [0.5, 0.6) is 5.88 Å². The number of rotatable bonds is 4. The van der Waals surface area contributed by atoms with Gasteiger partial charge in [-0.25, -0.2) is 9.97 Å². The van der Waals surface area contributed by atoms with Crippen LogP contribution in [0.2, 0.25) is 0 Å². The van der Waals surface area contributed by atoms with Gasteiger partial charge in [0.05, 0.1) is 12.7 Å². The van der Waals surface area contributed by atoms with E-state index in [1.165, 1.54) is 6.33 Å². The Morgan fingerprint density at radius 2 is 2.23 bits per heavy atom. The van der Waals surface area contributed by atoms with Crippen molar-refractivity contribution in [1.82, 2.24) is 9.97 Å². The van der Waals surface area contributed by atoms with Gasteiger partial charge in [-0.2, -0.15) is 0 Å². The first-order valence-corrected chi connectivity index (χ1v) is 4.39. The second-order valence-corrected chi connectivity index (χ2v) is 2.71. The zero-order valence-corrected chi connectivity index (χ0v) is 8.29. The third-order valence-electron chi connectivity index (χ3n) is 1.84. The number of nitrogens with one attached hydrogen (secondary N) is 1. The zero-order chi connectivity index (χ0) is 9.68. The Hall–Kier alpha value is -1.32. The molecule has 0 amide bonds.